The highest BCUT2D eigenvalue weighted by atomic mass is 16.5. The molecule has 1 saturated carbocycles. The Kier molecular flexibility index (Phi) is 6.05. The highest BCUT2D eigenvalue weighted by Gasteiger charge is 2.35. The maximum atomic E-state index is 12.5. The molecule has 0 bridgehead atoms. The number of hydrogen-bond acceptors (Lipinski definition) is 7. The lowest BCUT2D eigenvalue weighted by molar-refractivity contribution is -0.145. The summed E-state index contributed by atoms with van der Waals surface area (Å²) in [6.07, 6.45) is 4.69. The molecule has 1 aromatic heterocycles. The van der Waals surface area contributed by atoms with Crippen LogP contribution in [-0.4, -0.2) is 56.8 Å². The van der Waals surface area contributed by atoms with Crippen molar-refractivity contribution in [3.63, 3.8) is 0 Å². The molecule has 0 spiro atoms. The van der Waals surface area contributed by atoms with Crippen molar-refractivity contribution in [2.75, 3.05) is 19.3 Å². The van der Waals surface area contributed by atoms with E-state index in [1.165, 1.54) is 16.8 Å². The molecule has 0 unspecified atom stereocenters. The van der Waals surface area contributed by atoms with Crippen molar-refractivity contribution in [3.8, 4) is 5.88 Å². The van der Waals surface area contributed by atoms with Crippen LogP contribution in [0.2, 0.25) is 0 Å². The van der Waals surface area contributed by atoms with Crippen LogP contribution in [0.15, 0.2) is 35.6 Å². The standard InChI is InChI=1S/C24H29N5O4/c1-24(2)20(28-19-21(25)26-13-27-22(19)33-24)16-8-4-14(5-9-16)15-6-10-17(11-7-15)23(32)29(3)12-18(30)31/h4-5,8-9,13,15,17H,6-7,10-12H2,1-3H3,(H,30,31)(H2,25,26,27)/t15-,17-. The number of aliphatic carboxylic acids is 1. The Morgan fingerprint density at radius 3 is 2.45 bits per heavy atom. The Morgan fingerprint density at radius 2 is 1.82 bits per heavy atom. The fourth-order valence-corrected chi connectivity index (χ4v) is 4.68. The number of carboxylic acid groups (broad SMARTS) is 1. The molecule has 4 rings (SSSR count). The van der Waals surface area contributed by atoms with Crippen LogP contribution in [0.1, 0.15) is 56.6 Å². The largest absolute Gasteiger partial charge is 0.480 e. The summed E-state index contributed by atoms with van der Waals surface area (Å²) in [5.74, 6) is -0.137. The maximum Gasteiger partial charge on any atom is 0.323 e. The Hall–Kier alpha value is -3.49. The fraction of sp³-hybridized carbons (Fsp3) is 0.458. The molecule has 1 aromatic carbocycles. The van der Waals surface area contributed by atoms with Crippen LogP contribution in [0.3, 0.4) is 0 Å². The number of anilines is 1. The molecule has 1 aliphatic heterocycles. The van der Waals surface area contributed by atoms with Crippen molar-refractivity contribution in [2.24, 2.45) is 10.9 Å². The predicted octanol–water partition coefficient (Wildman–Crippen LogP) is 3.17. The Morgan fingerprint density at radius 1 is 1.15 bits per heavy atom. The van der Waals surface area contributed by atoms with E-state index in [0.717, 1.165) is 37.0 Å². The summed E-state index contributed by atoms with van der Waals surface area (Å²) < 4.78 is 6.06. The number of carbonyl (C=O) groups is 2. The monoisotopic (exact) mass is 451 g/mol. The number of ether oxygens (including phenoxy) is 1. The second-order valence-corrected chi connectivity index (χ2v) is 9.24. The van der Waals surface area contributed by atoms with Crippen molar-refractivity contribution in [1.82, 2.24) is 14.9 Å². The van der Waals surface area contributed by atoms with Crippen LogP contribution >= 0.6 is 0 Å². The van der Waals surface area contributed by atoms with Gasteiger partial charge in [0.1, 0.15) is 18.5 Å². The van der Waals surface area contributed by atoms with Gasteiger partial charge in [0.2, 0.25) is 11.8 Å². The molecule has 2 aromatic rings. The number of benzene rings is 1. The average molecular weight is 452 g/mol. The summed E-state index contributed by atoms with van der Waals surface area (Å²) in [5, 5.41) is 8.91. The van der Waals surface area contributed by atoms with Gasteiger partial charge in [0.15, 0.2) is 11.5 Å². The first-order valence-electron chi connectivity index (χ1n) is 11.1. The van der Waals surface area contributed by atoms with Gasteiger partial charge in [0.25, 0.3) is 0 Å². The summed E-state index contributed by atoms with van der Waals surface area (Å²) in [7, 11) is 1.55. The van der Waals surface area contributed by atoms with Gasteiger partial charge < -0.3 is 20.5 Å². The highest BCUT2D eigenvalue weighted by Crippen LogP contribution is 2.40. The number of rotatable bonds is 5. The molecule has 2 heterocycles. The topological polar surface area (TPSA) is 131 Å². The lowest BCUT2D eigenvalue weighted by Gasteiger charge is -2.32. The molecule has 9 heteroatoms. The van der Waals surface area contributed by atoms with Crippen molar-refractivity contribution >= 4 is 29.1 Å². The van der Waals surface area contributed by atoms with Gasteiger partial charge in [-0.3, -0.25) is 9.59 Å². The third kappa shape index (κ3) is 4.67. The van der Waals surface area contributed by atoms with Gasteiger partial charge in [-0.2, -0.15) is 4.98 Å². The van der Waals surface area contributed by atoms with Crippen molar-refractivity contribution in [2.45, 2.75) is 51.0 Å². The van der Waals surface area contributed by atoms with E-state index in [1.54, 1.807) is 7.05 Å². The van der Waals surface area contributed by atoms with Crippen molar-refractivity contribution in [1.29, 1.82) is 0 Å². The molecule has 174 valence electrons. The Labute approximate surface area is 192 Å². The predicted molar refractivity (Wildman–Crippen MR) is 124 cm³/mol. The number of hydrogen-bond donors (Lipinski definition) is 2. The SMILES string of the molecule is CN(CC(=O)O)C(=O)[C@H]1CC[C@H](c2ccc(C3=Nc4c(N)ncnc4OC3(C)C)cc2)CC1. The Bertz CT molecular complexity index is 1090. The zero-order chi connectivity index (χ0) is 23.8. The molecule has 2 aliphatic rings. The van der Waals surface area contributed by atoms with Gasteiger partial charge >= 0.3 is 5.97 Å². The molecular formula is C24H29N5O4. The third-order valence-electron chi connectivity index (χ3n) is 6.44. The third-order valence-corrected chi connectivity index (χ3v) is 6.44. The van der Waals surface area contributed by atoms with E-state index < -0.39 is 11.6 Å². The first-order chi connectivity index (χ1) is 15.7. The molecule has 0 saturated heterocycles. The van der Waals surface area contributed by atoms with E-state index >= 15 is 0 Å². The molecule has 0 radical (unpaired) electrons. The summed E-state index contributed by atoms with van der Waals surface area (Å²) in [5.41, 5.74) is 8.68. The summed E-state index contributed by atoms with van der Waals surface area (Å²) >= 11 is 0. The van der Waals surface area contributed by atoms with Crippen molar-refractivity contribution in [3.05, 3.63) is 41.7 Å². The van der Waals surface area contributed by atoms with Gasteiger partial charge in [0.05, 0.1) is 5.71 Å². The van der Waals surface area contributed by atoms with Crippen LogP contribution in [0, 0.1) is 5.92 Å². The van der Waals surface area contributed by atoms with Gasteiger partial charge in [-0.15, -0.1) is 0 Å². The normalized spacial score (nSPS) is 21.4. The number of aromatic nitrogens is 2. The summed E-state index contributed by atoms with van der Waals surface area (Å²) in [4.78, 5) is 37.6. The second-order valence-electron chi connectivity index (χ2n) is 9.24. The minimum absolute atomic E-state index is 0.0766. The van der Waals surface area contributed by atoms with Gasteiger partial charge in [-0.25, -0.2) is 9.98 Å². The number of nitrogens with two attached hydrogens (primary N) is 1. The number of fused-ring (bicyclic) bond motifs is 1. The zero-order valence-electron chi connectivity index (χ0n) is 19.1. The van der Waals surface area contributed by atoms with Crippen LogP contribution in [0.5, 0.6) is 5.88 Å². The smallest absolute Gasteiger partial charge is 0.323 e. The lowest BCUT2D eigenvalue weighted by atomic mass is 9.78. The molecule has 1 fully saturated rings. The van der Waals surface area contributed by atoms with Gasteiger partial charge in [0, 0.05) is 18.5 Å². The average Bonchev–Trinajstić information content (AvgIpc) is 2.77. The summed E-state index contributed by atoms with van der Waals surface area (Å²) in [6.45, 7) is 3.63. The lowest BCUT2D eigenvalue weighted by Crippen LogP contribution is -2.41. The quantitative estimate of drug-likeness (QED) is 0.714. The molecule has 1 aliphatic carbocycles. The number of carbonyl (C=O) groups excluding carboxylic acids is 1. The number of amides is 1. The fourth-order valence-electron chi connectivity index (χ4n) is 4.68. The molecule has 0 atom stereocenters. The molecule has 3 N–H and O–H groups in total. The highest BCUT2D eigenvalue weighted by molar-refractivity contribution is 6.09. The molecular weight excluding hydrogens is 422 g/mol. The summed E-state index contributed by atoms with van der Waals surface area (Å²) in [6, 6.07) is 8.31. The van der Waals surface area contributed by atoms with E-state index in [1.807, 2.05) is 26.0 Å². The van der Waals surface area contributed by atoms with E-state index in [4.69, 9.17) is 20.6 Å². The molecule has 33 heavy (non-hydrogen) atoms. The number of carboxylic acids is 1. The van der Waals surface area contributed by atoms with E-state index in [9.17, 15) is 9.59 Å². The minimum Gasteiger partial charge on any atom is -0.480 e. The van der Waals surface area contributed by atoms with Crippen LogP contribution < -0.4 is 10.5 Å². The van der Waals surface area contributed by atoms with Gasteiger partial charge in [-0.05, 0) is 51.0 Å². The second kappa shape index (κ2) is 8.80. The Balaban J connectivity index is 1.46. The molecule has 1 amide bonds. The van der Waals surface area contributed by atoms with Crippen LogP contribution in [0.4, 0.5) is 11.5 Å². The van der Waals surface area contributed by atoms with Crippen LogP contribution in [0.25, 0.3) is 0 Å². The minimum atomic E-state index is -0.991. The van der Waals surface area contributed by atoms with Crippen LogP contribution in [-0.2, 0) is 9.59 Å². The number of aliphatic imine (C=N–C) groups is 1. The number of likely N-dealkylation sites (N-methyl/N-ethyl adjacent to an activating group) is 1. The van der Waals surface area contributed by atoms with E-state index in [0.29, 0.717) is 17.5 Å². The number of nitrogens with zero attached hydrogens (tertiary/aromatic N) is 4. The molecule has 9 nitrogen and oxygen atoms in total. The van der Waals surface area contributed by atoms with Crippen molar-refractivity contribution < 1.29 is 19.4 Å². The van der Waals surface area contributed by atoms with Gasteiger partial charge in [-0.1, -0.05) is 24.3 Å². The first-order valence-corrected chi connectivity index (χ1v) is 11.1. The van der Waals surface area contributed by atoms with E-state index in [-0.39, 0.29) is 24.2 Å². The maximum absolute atomic E-state index is 12.5. The zero-order valence-corrected chi connectivity index (χ0v) is 19.1. The van der Waals surface area contributed by atoms with E-state index in [2.05, 4.69) is 22.1 Å². The first kappa shape index (κ1) is 22.7. The number of nitrogen functional groups attached to an aromatic ring is 1.